The number of allylic oxidation sites excluding steroid dienone is 2. The van der Waals surface area contributed by atoms with Gasteiger partial charge in [-0.15, -0.1) is 0 Å². The molecule has 2 fully saturated rings. The number of carbonyl (C=O) groups excluding carboxylic acids is 2. The van der Waals surface area contributed by atoms with Gasteiger partial charge in [-0.1, -0.05) is 18.9 Å². The molecule has 0 spiro atoms. The number of hydrogen-bond acceptors (Lipinski definition) is 9. The van der Waals surface area contributed by atoms with Gasteiger partial charge < -0.3 is 31.7 Å². The van der Waals surface area contributed by atoms with Gasteiger partial charge in [-0.2, -0.15) is 5.10 Å². The van der Waals surface area contributed by atoms with Crippen LogP contribution in [0.15, 0.2) is 47.7 Å². The van der Waals surface area contributed by atoms with Crippen molar-refractivity contribution in [1.29, 1.82) is 0 Å². The van der Waals surface area contributed by atoms with E-state index in [2.05, 4.69) is 15.6 Å². The molecule has 2 aliphatic rings. The molecule has 0 radical (unpaired) electrons. The van der Waals surface area contributed by atoms with Crippen molar-refractivity contribution in [2.45, 2.75) is 70.0 Å². The Kier molecular flexibility index (Phi) is 11.1. The van der Waals surface area contributed by atoms with Gasteiger partial charge in [0.25, 0.3) is 11.8 Å². The number of nitrogens with zero attached hydrogens (tertiary/aromatic N) is 4. The summed E-state index contributed by atoms with van der Waals surface area (Å²) in [5, 5.41) is 12.8. The average molecular weight is 591 g/mol. The summed E-state index contributed by atoms with van der Waals surface area (Å²) in [4.78, 5) is 33.1. The Morgan fingerprint density at radius 2 is 2.02 bits per heavy atom. The van der Waals surface area contributed by atoms with Crippen LogP contribution in [0.5, 0.6) is 5.75 Å². The number of pyridine rings is 1. The predicted molar refractivity (Wildman–Crippen MR) is 172 cm³/mol. The molecule has 43 heavy (non-hydrogen) atoms. The Labute approximate surface area is 254 Å². The highest BCUT2D eigenvalue weighted by molar-refractivity contribution is 6.14. The second kappa shape index (κ2) is 15.0. The fraction of sp³-hybridized carbons (Fsp3) is 0.500. The predicted octanol–water partition coefficient (Wildman–Crippen LogP) is 3.50. The number of aromatic nitrogens is 1. The molecule has 4 rings (SSSR count). The van der Waals surface area contributed by atoms with E-state index in [-0.39, 0.29) is 29.9 Å². The molecular formula is C32H46N8O3. The first kappa shape index (κ1) is 32.0. The van der Waals surface area contributed by atoms with Crippen LogP contribution in [0.2, 0.25) is 0 Å². The largest absolute Gasteiger partial charge is 0.494 e. The number of amides is 2. The highest BCUT2D eigenvalue weighted by atomic mass is 16.5. The average Bonchev–Trinajstić information content (AvgIpc) is 3.58. The van der Waals surface area contributed by atoms with Crippen LogP contribution < -0.4 is 31.8 Å². The minimum absolute atomic E-state index is 0.0268. The summed E-state index contributed by atoms with van der Waals surface area (Å²) in [5.74, 6) is 0.213. The molecule has 2 amide bonds. The van der Waals surface area contributed by atoms with Crippen LogP contribution >= 0.6 is 0 Å². The summed E-state index contributed by atoms with van der Waals surface area (Å²) >= 11 is 0. The molecule has 232 valence electrons. The lowest BCUT2D eigenvalue weighted by atomic mass is 9.97. The Morgan fingerprint density at radius 3 is 2.67 bits per heavy atom. The van der Waals surface area contributed by atoms with Crippen LogP contribution in [-0.2, 0) is 0 Å². The zero-order chi connectivity index (χ0) is 30.9. The number of nitrogens with two attached hydrogens (primary N) is 2. The topological polar surface area (TPSA) is 151 Å². The first-order valence-electron chi connectivity index (χ1n) is 15.2. The standard InChI is InChI=1S/C32H46N8O3/c1-5-11-25(23-12-10-17-36-29(23)31(41)37-16-9-7-6-8-15-33)38-39(3)30-26(35-2)18-21(19-28(30)43-4)32(42)40-22-13-14-27(40)24(34)20-22/h5,10-12,17-19,22,24,27,35H,6-9,13-16,20,33-34H2,1-4H3,(H,37,41)/b11-5-,38-25+/t22-,24+,27+/m0/s1. The summed E-state index contributed by atoms with van der Waals surface area (Å²) in [6.45, 7) is 3.14. The first-order valence-corrected chi connectivity index (χ1v) is 15.2. The van der Waals surface area contributed by atoms with Gasteiger partial charge >= 0.3 is 0 Å². The normalized spacial score (nSPS) is 19.6. The molecule has 6 N–H and O–H groups in total. The van der Waals surface area contributed by atoms with E-state index in [1.54, 1.807) is 44.5 Å². The third-order valence-electron chi connectivity index (χ3n) is 8.25. The zero-order valence-electron chi connectivity index (χ0n) is 25.8. The van der Waals surface area contributed by atoms with Gasteiger partial charge in [0.2, 0.25) is 0 Å². The molecule has 2 saturated heterocycles. The molecule has 1 aromatic carbocycles. The quantitative estimate of drug-likeness (QED) is 0.148. The molecule has 1 aromatic heterocycles. The van der Waals surface area contributed by atoms with Crippen LogP contribution in [0, 0.1) is 0 Å². The highest BCUT2D eigenvalue weighted by Gasteiger charge is 2.47. The van der Waals surface area contributed by atoms with Crippen molar-refractivity contribution in [3.05, 3.63) is 59.4 Å². The number of nitrogens with one attached hydrogen (secondary N) is 2. The number of ether oxygens (including phenoxy) is 1. The van der Waals surface area contributed by atoms with E-state index in [9.17, 15) is 9.59 Å². The smallest absolute Gasteiger partial charge is 0.270 e. The monoisotopic (exact) mass is 590 g/mol. The number of fused-ring (bicyclic) bond motifs is 2. The molecule has 11 nitrogen and oxygen atoms in total. The number of rotatable bonds is 14. The Morgan fingerprint density at radius 1 is 1.23 bits per heavy atom. The number of hydrazone groups is 1. The van der Waals surface area contributed by atoms with Crippen molar-refractivity contribution >= 4 is 28.9 Å². The highest BCUT2D eigenvalue weighted by Crippen LogP contribution is 2.41. The lowest BCUT2D eigenvalue weighted by molar-refractivity contribution is 0.0726. The summed E-state index contributed by atoms with van der Waals surface area (Å²) < 4.78 is 5.79. The molecule has 2 bridgehead atoms. The van der Waals surface area contributed by atoms with Gasteiger partial charge in [-0.05, 0) is 75.9 Å². The minimum atomic E-state index is -0.249. The molecule has 3 atom stereocenters. The second-order valence-electron chi connectivity index (χ2n) is 11.1. The molecule has 0 unspecified atom stereocenters. The molecule has 0 aliphatic carbocycles. The van der Waals surface area contributed by atoms with Crippen LogP contribution in [0.4, 0.5) is 11.4 Å². The van der Waals surface area contributed by atoms with E-state index in [0.29, 0.717) is 52.7 Å². The second-order valence-corrected chi connectivity index (χ2v) is 11.1. The lowest BCUT2D eigenvalue weighted by Crippen LogP contribution is -2.40. The maximum Gasteiger partial charge on any atom is 0.270 e. The Balaban J connectivity index is 1.61. The van der Waals surface area contributed by atoms with Crippen molar-refractivity contribution in [3.63, 3.8) is 0 Å². The Bertz CT molecular complexity index is 1320. The van der Waals surface area contributed by atoms with E-state index in [0.717, 1.165) is 44.9 Å². The number of benzene rings is 1. The summed E-state index contributed by atoms with van der Waals surface area (Å²) in [6.07, 6.45) is 12.0. The maximum absolute atomic E-state index is 13.6. The van der Waals surface area contributed by atoms with Crippen LogP contribution in [0.3, 0.4) is 0 Å². The molecule has 2 aliphatic heterocycles. The summed E-state index contributed by atoms with van der Waals surface area (Å²) in [6, 6.07) is 7.52. The van der Waals surface area contributed by atoms with Crippen LogP contribution in [-0.4, -0.2) is 79.8 Å². The molecule has 0 saturated carbocycles. The fourth-order valence-corrected chi connectivity index (χ4v) is 6.16. The van der Waals surface area contributed by atoms with Crippen molar-refractivity contribution in [2.24, 2.45) is 16.6 Å². The van der Waals surface area contributed by atoms with Gasteiger partial charge in [0.15, 0.2) is 0 Å². The molecule has 2 aromatic rings. The molecule has 11 heteroatoms. The number of methoxy groups -OCH3 is 1. The van der Waals surface area contributed by atoms with Gasteiger partial charge in [-0.25, -0.2) is 0 Å². The van der Waals surface area contributed by atoms with Gasteiger partial charge in [0.05, 0.1) is 18.5 Å². The zero-order valence-corrected chi connectivity index (χ0v) is 25.8. The maximum atomic E-state index is 13.6. The molecule has 3 heterocycles. The number of hydrogen-bond donors (Lipinski definition) is 4. The van der Waals surface area contributed by atoms with E-state index < -0.39 is 0 Å². The Hall–Kier alpha value is -3.96. The number of anilines is 2. The fourth-order valence-electron chi connectivity index (χ4n) is 6.16. The number of unbranched alkanes of at least 4 members (excludes halogenated alkanes) is 3. The lowest BCUT2D eigenvalue weighted by Gasteiger charge is -2.26. The van der Waals surface area contributed by atoms with Crippen molar-refractivity contribution in [3.8, 4) is 5.75 Å². The first-order chi connectivity index (χ1) is 20.8. The summed E-state index contributed by atoms with van der Waals surface area (Å²) in [7, 11) is 5.18. The van der Waals surface area contributed by atoms with E-state index in [1.165, 1.54) is 0 Å². The third-order valence-corrected chi connectivity index (χ3v) is 8.25. The van der Waals surface area contributed by atoms with Crippen LogP contribution in [0.25, 0.3) is 0 Å². The SMILES string of the molecule is C/C=C\C(=N/N(C)c1c(NC)cc(C(=O)N2[C@H]3CC[C@@H]2[C@H](N)C3)cc1OC)c1cccnc1C(=O)NCCCCCCN. The van der Waals surface area contributed by atoms with Gasteiger partial charge in [-0.3, -0.25) is 19.6 Å². The van der Waals surface area contributed by atoms with Crippen molar-refractivity contribution < 1.29 is 14.3 Å². The van der Waals surface area contributed by atoms with Crippen molar-refractivity contribution in [1.82, 2.24) is 15.2 Å². The van der Waals surface area contributed by atoms with Gasteiger partial charge in [0, 0.05) is 56.1 Å². The number of carbonyl (C=O) groups is 2. The third kappa shape index (κ3) is 7.17. The summed E-state index contributed by atoms with van der Waals surface area (Å²) in [5.41, 5.74) is 15.2. The molecular weight excluding hydrogens is 544 g/mol. The van der Waals surface area contributed by atoms with Gasteiger partial charge in [0.1, 0.15) is 17.1 Å². The van der Waals surface area contributed by atoms with E-state index >= 15 is 0 Å². The minimum Gasteiger partial charge on any atom is -0.494 e. The van der Waals surface area contributed by atoms with Crippen molar-refractivity contribution in [2.75, 3.05) is 44.6 Å². The van der Waals surface area contributed by atoms with E-state index in [4.69, 9.17) is 21.3 Å². The van der Waals surface area contributed by atoms with Crippen LogP contribution in [0.1, 0.15) is 78.3 Å². The van der Waals surface area contributed by atoms with E-state index in [1.807, 2.05) is 36.1 Å².